The second kappa shape index (κ2) is 5.86. The third-order valence-electron chi connectivity index (χ3n) is 4.04. The first-order valence-corrected chi connectivity index (χ1v) is 8.70. The molecule has 3 atom stereocenters. The van der Waals surface area contributed by atoms with Gasteiger partial charge in [0.2, 0.25) is 0 Å². The Kier molecular flexibility index (Phi) is 4.64. The van der Waals surface area contributed by atoms with Crippen molar-refractivity contribution in [3.8, 4) is 0 Å². The summed E-state index contributed by atoms with van der Waals surface area (Å²) < 4.78 is 23.1. The number of sulfone groups is 1. The van der Waals surface area contributed by atoms with Gasteiger partial charge in [-0.1, -0.05) is 13.3 Å². The molecule has 0 bridgehead atoms. The van der Waals surface area contributed by atoms with Crippen LogP contribution in [0.25, 0.3) is 0 Å². The Labute approximate surface area is 109 Å². The molecule has 0 radical (unpaired) electrons. The Morgan fingerprint density at radius 2 is 2.11 bits per heavy atom. The maximum atomic E-state index is 11.6. The van der Waals surface area contributed by atoms with E-state index < -0.39 is 15.9 Å². The summed E-state index contributed by atoms with van der Waals surface area (Å²) in [4.78, 5) is 2.12. The fraction of sp³-hybridized carbons (Fsp3) is 1.00. The summed E-state index contributed by atoms with van der Waals surface area (Å²) in [5, 5.41) is 13.4. The van der Waals surface area contributed by atoms with E-state index in [-0.39, 0.29) is 17.5 Å². The van der Waals surface area contributed by atoms with Crippen molar-refractivity contribution in [1.29, 1.82) is 0 Å². The molecular weight excluding hydrogens is 252 g/mol. The van der Waals surface area contributed by atoms with E-state index in [1.54, 1.807) is 0 Å². The average molecular weight is 276 g/mol. The molecule has 0 spiro atoms. The molecule has 2 N–H and O–H groups in total. The molecule has 0 amide bonds. The molecule has 0 saturated carbocycles. The normalized spacial score (nSPS) is 36.1. The van der Waals surface area contributed by atoms with Crippen molar-refractivity contribution in [2.75, 3.05) is 31.1 Å². The molecule has 2 aliphatic rings. The third-order valence-corrected chi connectivity index (χ3v) is 5.73. The van der Waals surface area contributed by atoms with Crippen molar-refractivity contribution in [3.63, 3.8) is 0 Å². The second-order valence-corrected chi connectivity index (χ2v) is 7.60. The van der Waals surface area contributed by atoms with Crippen molar-refractivity contribution in [2.45, 2.75) is 44.4 Å². The van der Waals surface area contributed by atoms with Crippen LogP contribution in [-0.2, 0) is 9.84 Å². The molecule has 18 heavy (non-hydrogen) atoms. The van der Waals surface area contributed by atoms with Crippen LogP contribution in [0.2, 0.25) is 0 Å². The van der Waals surface area contributed by atoms with Crippen molar-refractivity contribution in [3.05, 3.63) is 0 Å². The second-order valence-electron chi connectivity index (χ2n) is 5.45. The van der Waals surface area contributed by atoms with Crippen LogP contribution in [0.1, 0.15) is 26.2 Å². The van der Waals surface area contributed by atoms with Gasteiger partial charge in [-0.05, 0) is 25.9 Å². The summed E-state index contributed by atoms with van der Waals surface area (Å²) in [7, 11) is -3.05. The van der Waals surface area contributed by atoms with Gasteiger partial charge in [-0.15, -0.1) is 0 Å². The molecule has 3 unspecified atom stereocenters. The summed E-state index contributed by atoms with van der Waals surface area (Å²) in [5.41, 5.74) is 0. The van der Waals surface area contributed by atoms with E-state index in [1.807, 2.05) is 6.92 Å². The average Bonchev–Trinajstić information content (AvgIpc) is 2.61. The molecule has 2 fully saturated rings. The van der Waals surface area contributed by atoms with Gasteiger partial charge in [-0.25, -0.2) is 8.42 Å². The number of piperidine rings is 1. The molecule has 0 aliphatic carbocycles. The summed E-state index contributed by atoms with van der Waals surface area (Å²) in [6, 6.07) is 0.220. The lowest BCUT2D eigenvalue weighted by molar-refractivity contribution is 0.0773. The van der Waals surface area contributed by atoms with Gasteiger partial charge >= 0.3 is 0 Å². The van der Waals surface area contributed by atoms with Crippen LogP contribution in [0.4, 0.5) is 0 Å². The van der Waals surface area contributed by atoms with Crippen LogP contribution < -0.4 is 5.32 Å². The number of aliphatic hydroxyl groups is 1. The Balaban J connectivity index is 1.95. The Morgan fingerprint density at radius 1 is 1.33 bits per heavy atom. The number of nitrogens with one attached hydrogen (secondary N) is 1. The van der Waals surface area contributed by atoms with Crippen LogP contribution in [0, 0.1) is 0 Å². The van der Waals surface area contributed by atoms with Gasteiger partial charge in [0, 0.05) is 12.6 Å². The molecule has 0 aromatic rings. The summed E-state index contributed by atoms with van der Waals surface area (Å²) in [6.45, 7) is 4.71. The van der Waals surface area contributed by atoms with E-state index in [4.69, 9.17) is 0 Å². The first kappa shape index (κ1) is 14.2. The van der Waals surface area contributed by atoms with Gasteiger partial charge in [0.05, 0.1) is 23.7 Å². The van der Waals surface area contributed by atoms with Crippen molar-refractivity contribution in [1.82, 2.24) is 10.2 Å². The fourth-order valence-corrected chi connectivity index (χ4v) is 4.85. The molecule has 2 rings (SSSR count). The highest BCUT2D eigenvalue weighted by molar-refractivity contribution is 7.91. The van der Waals surface area contributed by atoms with Crippen LogP contribution in [0.5, 0.6) is 0 Å². The lowest BCUT2D eigenvalue weighted by atomic mass is 10.0. The number of nitrogens with zero attached hydrogens (tertiary/aromatic N) is 1. The predicted octanol–water partition coefficient (Wildman–Crippen LogP) is -0.392. The molecule has 0 aromatic heterocycles. The number of hydrogen-bond donors (Lipinski definition) is 2. The maximum Gasteiger partial charge on any atom is 0.154 e. The monoisotopic (exact) mass is 276 g/mol. The zero-order chi connectivity index (χ0) is 13.2. The quantitative estimate of drug-likeness (QED) is 0.732. The molecule has 106 valence electrons. The van der Waals surface area contributed by atoms with E-state index in [0.717, 1.165) is 26.1 Å². The maximum absolute atomic E-state index is 11.6. The first-order chi connectivity index (χ1) is 8.52. The van der Waals surface area contributed by atoms with E-state index in [1.165, 1.54) is 12.8 Å². The number of aliphatic hydroxyl groups excluding tert-OH is 1. The van der Waals surface area contributed by atoms with Crippen molar-refractivity contribution in [2.24, 2.45) is 0 Å². The van der Waals surface area contributed by atoms with Gasteiger partial charge in [0.15, 0.2) is 9.84 Å². The van der Waals surface area contributed by atoms with Crippen LogP contribution >= 0.6 is 0 Å². The number of likely N-dealkylation sites (N-methyl/N-ethyl adjacent to an activating group) is 1. The summed E-state index contributed by atoms with van der Waals surface area (Å²) >= 11 is 0. The molecular formula is C12H24N2O3S. The van der Waals surface area contributed by atoms with Gasteiger partial charge in [-0.3, -0.25) is 4.90 Å². The molecule has 5 nitrogen and oxygen atoms in total. The van der Waals surface area contributed by atoms with Gasteiger partial charge in [0.1, 0.15) is 0 Å². The molecule has 2 saturated heterocycles. The summed E-state index contributed by atoms with van der Waals surface area (Å²) in [5.74, 6) is 0.0288. The molecule has 2 aliphatic heterocycles. The SMILES string of the molecule is CCN(CC1CCCCN1)C1CS(=O)(=O)CC1O. The summed E-state index contributed by atoms with van der Waals surface area (Å²) in [6.07, 6.45) is 2.88. The minimum Gasteiger partial charge on any atom is -0.390 e. The largest absolute Gasteiger partial charge is 0.390 e. The Hall–Kier alpha value is -0.170. The third kappa shape index (κ3) is 3.44. The lowest BCUT2D eigenvalue weighted by Crippen LogP contribution is -2.50. The van der Waals surface area contributed by atoms with E-state index in [2.05, 4.69) is 10.2 Å². The topological polar surface area (TPSA) is 69.6 Å². The lowest BCUT2D eigenvalue weighted by Gasteiger charge is -2.34. The molecule has 0 aromatic carbocycles. The highest BCUT2D eigenvalue weighted by Crippen LogP contribution is 2.20. The van der Waals surface area contributed by atoms with Gasteiger partial charge < -0.3 is 10.4 Å². The number of hydrogen-bond acceptors (Lipinski definition) is 5. The van der Waals surface area contributed by atoms with Gasteiger partial charge in [0.25, 0.3) is 0 Å². The fourth-order valence-electron chi connectivity index (χ4n) is 3.02. The zero-order valence-corrected chi connectivity index (χ0v) is 11.8. The predicted molar refractivity (Wildman–Crippen MR) is 71.3 cm³/mol. The van der Waals surface area contributed by atoms with E-state index >= 15 is 0 Å². The smallest absolute Gasteiger partial charge is 0.154 e. The minimum atomic E-state index is -3.05. The first-order valence-electron chi connectivity index (χ1n) is 6.88. The van der Waals surface area contributed by atoms with Crippen molar-refractivity contribution >= 4 is 9.84 Å². The highest BCUT2D eigenvalue weighted by Gasteiger charge is 2.39. The highest BCUT2D eigenvalue weighted by atomic mass is 32.2. The zero-order valence-electron chi connectivity index (χ0n) is 11.0. The Bertz CT molecular complexity index is 366. The standard InChI is InChI=1S/C12H24N2O3S/c1-2-14(7-10-5-3-4-6-13-10)11-8-18(16,17)9-12(11)15/h10-13,15H,2-9H2,1H3. The Morgan fingerprint density at radius 3 is 2.61 bits per heavy atom. The van der Waals surface area contributed by atoms with E-state index in [0.29, 0.717) is 6.04 Å². The van der Waals surface area contributed by atoms with Crippen LogP contribution in [0.15, 0.2) is 0 Å². The van der Waals surface area contributed by atoms with Crippen molar-refractivity contribution < 1.29 is 13.5 Å². The minimum absolute atomic E-state index is 0.0771. The number of rotatable bonds is 4. The molecule has 2 heterocycles. The van der Waals surface area contributed by atoms with Crippen LogP contribution in [-0.4, -0.2) is 67.8 Å². The van der Waals surface area contributed by atoms with E-state index in [9.17, 15) is 13.5 Å². The van der Waals surface area contributed by atoms with Gasteiger partial charge in [-0.2, -0.15) is 0 Å². The van der Waals surface area contributed by atoms with Crippen LogP contribution in [0.3, 0.4) is 0 Å². The molecule has 6 heteroatoms.